The molecule has 3 aromatic rings. The molecule has 1 aromatic carbocycles. The number of rotatable bonds is 3. The van der Waals surface area contributed by atoms with Crippen LogP contribution in [0.25, 0.3) is 10.2 Å². The molecule has 2 aromatic heterocycles. The topological polar surface area (TPSA) is 64.0 Å². The van der Waals surface area contributed by atoms with Gasteiger partial charge in [0.1, 0.15) is 10.2 Å². The number of aryl methyl sites for hydroxylation is 1. The number of aromatic nitrogens is 2. The van der Waals surface area contributed by atoms with Crippen molar-refractivity contribution >= 4 is 44.7 Å². The Bertz CT molecular complexity index is 1020. The molecule has 122 valence electrons. The minimum atomic E-state index is -0.303. The molecule has 0 bridgehead atoms. The molecule has 0 aliphatic heterocycles. The predicted octanol–water partition coefficient (Wildman–Crippen LogP) is 4.01. The Kier molecular flexibility index (Phi) is 3.66. The van der Waals surface area contributed by atoms with Crippen LogP contribution in [0.4, 0.5) is 5.69 Å². The van der Waals surface area contributed by atoms with Crippen LogP contribution >= 0.6 is 22.9 Å². The van der Waals surface area contributed by atoms with Gasteiger partial charge in [0, 0.05) is 10.9 Å². The summed E-state index contributed by atoms with van der Waals surface area (Å²) >= 11 is 7.41. The number of carbonyl (C=O) groups is 1. The van der Waals surface area contributed by atoms with E-state index in [1.165, 1.54) is 11.3 Å². The number of para-hydroxylation sites is 1. The van der Waals surface area contributed by atoms with Gasteiger partial charge in [-0.15, -0.1) is 11.3 Å². The van der Waals surface area contributed by atoms with E-state index in [1.807, 2.05) is 6.92 Å². The molecule has 1 aliphatic carbocycles. The molecule has 1 N–H and O–H groups in total. The highest BCUT2D eigenvalue weighted by atomic mass is 35.5. The van der Waals surface area contributed by atoms with Crippen LogP contribution in [0, 0.1) is 6.92 Å². The first-order valence-electron chi connectivity index (χ1n) is 7.62. The van der Waals surface area contributed by atoms with Crippen molar-refractivity contribution in [1.82, 2.24) is 9.55 Å². The smallest absolute Gasteiger partial charge is 0.271 e. The van der Waals surface area contributed by atoms with E-state index < -0.39 is 0 Å². The minimum absolute atomic E-state index is 0.0626. The number of hydrogen-bond donors (Lipinski definition) is 1. The maximum Gasteiger partial charge on any atom is 0.271 e. The van der Waals surface area contributed by atoms with E-state index in [0.29, 0.717) is 26.5 Å². The molecule has 2 heterocycles. The number of nitrogens with one attached hydrogen (secondary N) is 1. The van der Waals surface area contributed by atoms with Crippen molar-refractivity contribution in [2.45, 2.75) is 25.8 Å². The normalized spacial score (nSPS) is 14.1. The molecule has 0 unspecified atom stereocenters. The fourth-order valence-corrected chi connectivity index (χ4v) is 3.94. The Hall–Kier alpha value is -2.18. The first-order valence-corrected chi connectivity index (χ1v) is 8.82. The Morgan fingerprint density at radius 1 is 1.38 bits per heavy atom. The molecule has 5 nitrogen and oxygen atoms in total. The molecule has 1 aliphatic rings. The third kappa shape index (κ3) is 2.52. The third-order valence-electron chi connectivity index (χ3n) is 4.09. The van der Waals surface area contributed by atoms with E-state index in [2.05, 4.69) is 10.3 Å². The fourth-order valence-electron chi connectivity index (χ4n) is 2.72. The number of thiophene rings is 1. The van der Waals surface area contributed by atoms with Gasteiger partial charge in [-0.05, 0) is 31.9 Å². The Morgan fingerprint density at radius 2 is 2.12 bits per heavy atom. The summed E-state index contributed by atoms with van der Waals surface area (Å²) in [6.45, 7) is 1.83. The molecule has 1 amide bonds. The minimum Gasteiger partial charge on any atom is -0.321 e. The molecule has 4 rings (SSSR count). The highest BCUT2D eigenvalue weighted by Gasteiger charge is 2.27. The van der Waals surface area contributed by atoms with Crippen molar-refractivity contribution in [1.29, 1.82) is 0 Å². The quantitative estimate of drug-likeness (QED) is 0.768. The van der Waals surface area contributed by atoms with Crippen molar-refractivity contribution in [2.24, 2.45) is 0 Å². The highest BCUT2D eigenvalue weighted by Crippen LogP contribution is 2.35. The summed E-state index contributed by atoms with van der Waals surface area (Å²) in [4.78, 5) is 30.4. The van der Waals surface area contributed by atoms with Gasteiger partial charge in [0.15, 0.2) is 0 Å². The molecular weight excluding hydrogens is 346 g/mol. The van der Waals surface area contributed by atoms with Gasteiger partial charge in [0.05, 0.1) is 22.6 Å². The Balaban J connectivity index is 1.78. The third-order valence-corrected chi connectivity index (χ3v) is 5.50. The molecule has 1 saturated carbocycles. The van der Waals surface area contributed by atoms with Crippen molar-refractivity contribution in [3.05, 3.63) is 56.4 Å². The zero-order chi connectivity index (χ0) is 16.8. The number of nitrogens with zero attached hydrogens (tertiary/aromatic N) is 2. The van der Waals surface area contributed by atoms with E-state index in [0.717, 1.165) is 17.7 Å². The number of hydrogen-bond acceptors (Lipinski definition) is 4. The van der Waals surface area contributed by atoms with E-state index >= 15 is 0 Å². The van der Waals surface area contributed by atoms with E-state index in [1.54, 1.807) is 35.2 Å². The Morgan fingerprint density at radius 3 is 2.83 bits per heavy atom. The molecule has 24 heavy (non-hydrogen) atoms. The lowest BCUT2D eigenvalue weighted by Gasteiger charge is -2.07. The predicted molar refractivity (Wildman–Crippen MR) is 96.3 cm³/mol. The van der Waals surface area contributed by atoms with E-state index in [-0.39, 0.29) is 17.5 Å². The summed E-state index contributed by atoms with van der Waals surface area (Å²) in [7, 11) is 0. The average molecular weight is 360 g/mol. The molecule has 0 saturated heterocycles. The van der Waals surface area contributed by atoms with Gasteiger partial charge in [-0.25, -0.2) is 4.98 Å². The molecule has 0 radical (unpaired) electrons. The zero-order valence-electron chi connectivity index (χ0n) is 12.9. The van der Waals surface area contributed by atoms with Gasteiger partial charge in [-0.3, -0.25) is 14.2 Å². The summed E-state index contributed by atoms with van der Waals surface area (Å²) in [6, 6.07) is 7.30. The maximum atomic E-state index is 12.7. The van der Waals surface area contributed by atoms with Gasteiger partial charge < -0.3 is 5.32 Å². The summed E-state index contributed by atoms with van der Waals surface area (Å²) in [6.07, 6.45) is 3.58. The van der Waals surface area contributed by atoms with Crippen molar-refractivity contribution < 1.29 is 4.79 Å². The number of carbonyl (C=O) groups excluding carboxylic acids is 1. The van der Waals surface area contributed by atoms with Crippen LogP contribution in [0.1, 0.15) is 34.1 Å². The van der Waals surface area contributed by atoms with E-state index in [4.69, 9.17) is 11.6 Å². The largest absolute Gasteiger partial charge is 0.321 e. The summed E-state index contributed by atoms with van der Waals surface area (Å²) in [5.41, 5.74) is 1.38. The molecule has 1 fully saturated rings. The Labute approximate surface area is 146 Å². The van der Waals surface area contributed by atoms with Crippen molar-refractivity contribution in [3.63, 3.8) is 0 Å². The first-order chi connectivity index (χ1) is 11.6. The summed E-state index contributed by atoms with van der Waals surface area (Å²) < 4.78 is 2.21. The first kappa shape index (κ1) is 15.4. The SMILES string of the molecule is Cc1sc2c(=O)n(C3CC3)cnc2c1C(=O)Nc1ccccc1Cl. The second kappa shape index (κ2) is 5.72. The van der Waals surface area contributed by atoms with Crippen LogP contribution in [0.5, 0.6) is 0 Å². The number of fused-ring (bicyclic) bond motifs is 1. The lowest BCUT2D eigenvalue weighted by Crippen LogP contribution is -2.19. The van der Waals surface area contributed by atoms with Crippen LogP contribution in [-0.4, -0.2) is 15.5 Å². The number of benzene rings is 1. The van der Waals surface area contributed by atoms with Gasteiger partial charge in [0.2, 0.25) is 0 Å². The lowest BCUT2D eigenvalue weighted by atomic mass is 10.2. The lowest BCUT2D eigenvalue weighted by molar-refractivity contribution is 0.102. The number of amides is 1. The molecular formula is C17H14ClN3O2S. The van der Waals surface area contributed by atoms with Crippen LogP contribution in [-0.2, 0) is 0 Å². The standard InChI is InChI=1S/C17H14ClN3O2S/c1-9-13(16(22)20-12-5-3-2-4-11(12)18)14-15(24-9)17(23)21(8-19-14)10-6-7-10/h2-5,8,10H,6-7H2,1H3,(H,20,22). The van der Waals surface area contributed by atoms with Gasteiger partial charge in [-0.2, -0.15) is 0 Å². The van der Waals surface area contributed by atoms with Crippen LogP contribution in [0.2, 0.25) is 5.02 Å². The van der Waals surface area contributed by atoms with Crippen molar-refractivity contribution in [3.8, 4) is 0 Å². The van der Waals surface area contributed by atoms with E-state index in [9.17, 15) is 9.59 Å². The number of halogens is 1. The average Bonchev–Trinajstić information content (AvgIpc) is 3.32. The number of anilines is 1. The van der Waals surface area contributed by atoms with Gasteiger partial charge in [0.25, 0.3) is 11.5 Å². The monoisotopic (exact) mass is 359 g/mol. The second-order valence-electron chi connectivity index (χ2n) is 5.83. The van der Waals surface area contributed by atoms with Gasteiger partial charge in [-0.1, -0.05) is 23.7 Å². The zero-order valence-corrected chi connectivity index (χ0v) is 14.4. The molecule has 0 atom stereocenters. The fraction of sp³-hybridized carbons (Fsp3) is 0.235. The summed E-state index contributed by atoms with van der Waals surface area (Å²) in [5, 5.41) is 3.27. The maximum absolute atomic E-state index is 12.7. The molecule has 7 heteroatoms. The second-order valence-corrected chi connectivity index (χ2v) is 7.47. The van der Waals surface area contributed by atoms with Crippen LogP contribution in [0.3, 0.4) is 0 Å². The van der Waals surface area contributed by atoms with Crippen molar-refractivity contribution in [2.75, 3.05) is 5.32 Å². The van der Waals surface area contributed by atoms with Crippen LogP contribution < -0.4 is 10.9 Å². The molecule has 0 spiro atoms. The summed E-state index contributed by atoms with van der Waals surface area (Å²) in [5.74, 6) is -0.303. The highest BCUT2D eigenvalue weighted by molar-refractivity contribution is 7.19. The van der Waals surface area contributed by atoms with Gasteiger partial charge >= 0.3 is 0 Å². The van der Waals surface area contributed by atoms with Crippen LogP contribution in [0.15, 0.2) is 35.4 Å².